The molecule has 0 atom stereocenters. The van der Waals surface area contributed by atoms with Crippen molar-refractivity contribution in [1.29, 1.82) is 0 Å². The second-order valence-electron chi connectivity index (χ2n) is 6.60. The Bertz CT molecular complexity index is 814. The summed E-state index contributed by atoms with van der Waals surface area (Å²) in [6, 6.07) is 12.0. The van der Waals surface area contributed by atoms with Crippen LogP contribution in [-0.2, 0) is 0 Å². The van der Waals surface area contributed by atoms with Crippen molar-refractivity contribution in [1.82, 2.24) is 10.3 Å². The third-order valence-electron chi connectivity index (χ3n) is 4.95. The minimum Gasteiger partial charge on any atom is -0.330 e. The van der Waals surface area contributed by atoms with Gasteiger partial charge in [-0.2, -0.15) is 0 Å². The molecule has 1 aromatic rings. The highest BCUT2D eigenvalue weighted by molar-refractivity contribution is 5.95. The molecule has 5 rings (SSSR count). The Hall–Kier alpha value is -2.80. The summed E-state index contributed by atoms with van der Waals surface area (Å²) < 4.78 is 0. The largest absolute Gasteiger partial charge is 0.330 e. The Morgan fingerprint density at radius 1 is 1.17 bits per heavy atom. The lowest BCUT2D eigenvalue weighted by Crippen LogP contribution is -2.40. The summed E-state index contributed by atoms with van der Waals surface area (Å²) in [4.78, 5) is 18.1. The van der Waals surface area contributed by atoms with E-state index in [1.54, 1.807) is 17.2 Å². The maximum absolute atomic E-state index is 12.1. The minimum absolute atomic E-state index is 0.0551. The Kier molecular flexibility index (Phi) is 3.50. The number of amides is 2. The maximum atomic E-state index is 12.1. The molecule has 2 fully saturated rings. The number of hydrogen-bond donors (Lipinski definition) is 1. The van der Waals surface area contributed by atoms with Crippen molar-refractivity contribution in [2.75, 3.05) is 11.4 Å². The topological polar surface area (TPSA) is 45.2 Å². The van der Waals surface area contributed by atoms with Crippen molar-refractivity contribution in [3.63, 3.8) is 0 Å². The van der Waals surface area contributed by atoms with Gasteiger partial charge in [-0.3, -0.25) is 4.90 Å². The Morgan fingerprint density at radius 3 is 2.50 bits per heavy atom. The number of benzene rings is 1. The lowest BCUT2D eigenvalue weighted by Gasteiger charge is -2.22. The molecule has 0 bridgehead atoms. The zero-order valence-electron chi connectivity index (χ0n) is 13.5. The van der Waals surface area contributed by atoms with E-state index in [4.69, 9.17) is 6.42 Å². The number of carbonyl (C=O) groups is 1. The number of aromatic nitrogens is 1. The molecule has 4 aliphatic rings. The van der Waals surface area contributed by atoms with E-state index < -0.39 is 0 Å². The van der Waals surface area contributed by atoms with Crippen LogP contribution in [0.5, 0.6) is 0 Å². The lowest BCUT2D eigenvalue weighted by molar-refractivity contribution is 0.247. The van der Waals surface area contributed by atoms with E-state index >= 15 is 0 Å². The molecule has 1 saturated carbocycles. The fraction of sp³-hybridized carbons (Fsp3) is 0.300. The standard InChI is InChI=1S/C14H15N3O.C6H4/c1-2-11-6-5-9-15-12(11)17-10-14(16-13(17)18)7-3-4-8-14;1-2-5-4-6(5)3-1/h1,5-6,9H,3-4,7-8,10H2,(H,16,18);1-4H. The van der Waals surface area contributed by atoms with E-state index in [1.165, 1.54) is 24.0 Å². The molecule has 2 heterocycles. The second-order valence-corrected chi connectivity index (χ2v) is 6.60. The number of rotatable bonds is 1. The fourth-order valence-corrected chi connectivity index (χ4v) is 3.61. The van der Waals surface area contributed by atoms with E-state index in [-0.39, 0.29) is 11.6 Å². The predicted molar refractivity (Wildman–Crippen MR) is 94.7 cm³/mol. The van der Waals surface area contributed by atoms with Crippen molar-refractivity contribution in [2.24, 2.45) is 0 Å². The number of urea groups is 1. The highest BCUT2D eigenvalue weighted by atomic mass is 16.2. The van der Waals surface area contributed by atoms with Crippen molar-refractivity contribution >= 4 is 11.8 Å². The number of pyridine rings is 1. The van der Waals surface area contributed by atoms with Gasteiger partial charge in [0.2, 0.25) is 0 Å². The zero-order chi connectivity index (χ0) is 16.6. The number of hydrogen-bond acceptors (Lipinski definition) is 2. The van der Waals surface area contributed by atoms with Gasteiger partial charge in [-0.15, -0.1) is 6.42 Å². The van der Waals surface area contributed by atoms with Crippen molar-refractivity contribution in [2.45, 2.75) is 31.2 Å². The van der Waals surface area contributed by atoms with E-state index in [0.717, 1.165) is 12.8 Å². The first kappa shape index (κ1) is 14.8. The van der Waals surface area contributed by atoms with Crippen LogP contribution in [0.3, 0.4) is 0 Å². The van der Waals surface area contributed by atoms with Crippen LogP contribution in [0.1, 0.15) is 31.2 Å². The van der Waals surface area contributed by atoms with Crippen LogP contribution >= 0.6 is 0 Å². The van der Waals surface area contributed by atoms with Crippen LogP contribution in [0.25, 0.3) is 11.1 Å². The van der Waals surface area contributed by atoms with Gasteiger partial charge < -0.3 is 5.32 Å². The molecule has 2 amide bonds. The molecule has 0 radical (unpaired) electrons. The Morgan fingerprint density at radius 2 is 1.92 bits per heavy atom. The van der Waals surface area contributed by atoms with Crippen LogP contribution in [0, 0.1) is 12.3 Å². The van der Waals surface area contributed by atoms with E-state index in [2.05, 4.69) is 40.5 Å². The normalized spacial score (nSPS) is 18.6. The van der Waals surface area contributed by atoms with Crippen molar-refractivity contribution in [3.05, 3.63) is 48.2 Å². The van der Waals surface area contributed by atoms with E-state index in [9.17, 15) is 4.79 Å². The molecular formula is C20H19N3O. The summed E-state index contributed by atoms with van der Waals surface area (Å²) in [7, 11) is 0. The van der Waals surface area contributed by atoms with E-state index in [1.807, 2.05) is 6.07 Å². The highest BCUT2D eigenvalue weighted by Crippen LogP contribution is 2.36. The van der Waals surface area contributed by atoms with Crippen LogP contribution in [0.2, 0.25) is 0 Å². The zero-order valence-corrected chi connectivity index (χ0v) is 13.5. The molecule has 1 saturated heterocycles. The number of fused-ring (bicyclic) bond motifs is 1. The number of carbonyl (C=O) groups excluding carboxylic acids is 1. The molecule has 1 spiro atoms. The third-order valence-corrected chi connectivity index (χ3v) is 4.95. The van der Waals surface area contributed by atoms with E-state index in [0.29, 0.717) is 17.9 Å². The monoisotopic (exact) mass is 317 g/mol. The highest BCUT2D eigenvalue weighted by Gasteiger charge is 2.45. The molecule has 1 N–H and O–H groups in total. The van der Waals surface area contributed by atoms with Gasteiger partial charge in [0.15, 0.2) is 5.82 Å². The van der Waals surface area contributed by atoms with Gasteiger partial charge in [-0.05, 0) is 42.2 Å². The summed E-state index contributed by atoms with van der Waals surface area (Å²) in [6.07, 6.45) is 11.6. The number of anilines is 1. The van der Waals surface area contributed by atoms with Gasteiger partial charge in [-0.25, -0.2) is 9.78 Å². The van der Waals surface area contributed by atoms with Crippen LogP contribution in [0.15, 0.2) is 42.6 Å². The molecule has 0 unspecified atom stereocenters. The number of nitrogens with zero attached hydrogens (tertiary/aromatic N) is 2. The summed E-state index contributed by atoms with van der Waals surface area (Å²) in [5.74, 6) is 3.19. The summed E-state index contributed by atoms with van der Waals surface area (Å²) >= 11 is 0. The van der Waals surface area contributed by atoms with Gasteiger partial charge in [0, 0.05) is 6.20 Å². The summed E-state index contributed by atoms with van der Waals surface area (Å²) in [5.41, 5.74) is 3.47. The molecule has 24 heavy (non-hydrogen) atoms. The lowest BCUT2D eigenvalue weighted by atomic mass is 9.99. The average molecular weight is 317 g/mol. The second kappa shape index (κ2) is 5.68. The molecule has 0 aromatic carbocycles. The van der Waals surface area contributed by atoms with Gasteiger partial charge >= 0.3 is 6.03 Å². The van der Waals surface area contributed by atoms with Crippen molar-refractivity contribution < 1.29 is 4.79 Å². The first-order valence-corrected chi connectivity index (χ1v) is 8.33. The first-order chi connectivity index (χ1) is 11.7. The van der Waals surface area contributed by atoms with Crippen LogP contribution in [0.4, 0.5) is 10.6 Å². The molecule has 4 heteroatoms. The third kappa shape index (κ3) is 2.63. The van der Waals surface area contributed by atoms with Crippen LogP contribution in [-0.4, -0.2) is 23.1 Å². The molecule has 120 valence electrons. The van der Waals surface area contributed by atoms with Crippen LogP contribution < -0.4 is 10.2 Å². The predicted octanol–water partition coefficient (Wildman–Crippen LogP) is 3.57. The maximum Gasteiger partial charge on any atom is 0.323 e. The van der Waals surface area contributed by atoms with Gasteiger partial charge in [0.1, 0.15) is 0 Å². The first-order valence-electron chi connectivity index (χ1n) is 8.33. The SMILES string of the molecule is C#Cc1cccnc1N1CC2(CCCC2)NC1=O.c1cc2cc-2c1. The summed E-state index contributed by atoms with van der Waals surface area (Å²) in [6.45, 7) is 0.678. The van der Waals surface area contributed by atoms with Gasteiger partial charge in [-0.1, -0.05) is 37.0 Å². The molecule has 4 nitrogen and oxygen atoms in total. The van der Waals surface area contributed by atoms with Gasteiger partial charge in [0.05, 0.1) is 17.6 Å². The average Bonchev–Trinajstić information content (AvgIpc) is 2.98. The molecule has 1 aromatic heterocycles. The fourth-order valence-electron chi connectivity index (χ4n) is 3.61. The quantitative estimate of drug-likeness (QED) is 0.697. The number of terminal acetylenes is 1. The smallest absolute Gasteiger partial charge is 0.323 e. The minimum atomic E-state index is -0.0768. The van der Waals surface area contributed by atoms with Gasteiger partial charge in [0.25, 0.3) is 0 Å². The molecule has 1 aliphatic heterocycles. The summed E-state index contributed by atoms with van der Waals surface area (Å²) in [5, 5.41) is 3.11. The Labute approximate surface area is 141 Å². The van der Waals surface area contributed by atoms with Crippen molar-refractivity contribution in [3.8, 4) is 23.5 Å². The molecule has 3 aliphatic carbocycles. The Balaban J connectivity index is 0.000000201. The molecular weight excluding hydrogens is 298 g/mol. The number of nitrogens with one attached hydrogen (secondary N) is 1.